The molecule has 0 saturated carbocycles. The zero-order chi connectivity index (χ0) is 17.5. The number of nitrogens with one attached hydrogen (secondary N) is 1. The third-order valence-corrected chi connectivity index (χ3v) is 4.10. The number of hydrogen-bond acceptors (Lipinski definition) is 4. The highest BCUT2D eigenvalue weighted by molar-refractivity contribution is 6.01. The maximum atomic E-state index is 12.7. The standard InChI is InChI=1S/C18H23NO5/c1-2-3-4-5-6-12(10-17(21)22)18(23)13-7-8-14-15(9-13)24-11-16(20)19-14/h7-9,12H,2-6,10-11H2,1H3,(H,19,20)(H,21,22). The first-order chi connectivity index (χ1) is 11.5. The first-order valence-electron chi connectivity index (χ1n) is 8.34. The number of Topliss-reactive ketones (excluding diaryl/α,β-unsaturated/α-hetero) is 1. The normalized spacial score (nSPS) is 14.3. The van der Waals surface area contributed by atoms with Crippen LogP contribution in [-0.4, -0.2) is 29.4 Å². The molecule has 1 atom stereocenters. The van der Waals surface area contributed by atoms with Crippen molar-refractivity contribution in [3.05, 3.63) is 23.8 Å². The van der Waals surface area contributed by atoms with E-state index in [1.165, 1.54) is 0 Å². The number of amides is 1. The first kappa shape index (κ1) is 18.0. The number of ether oxygens (including phenoxy) is 1. The van der Waals surface area contributed by atoms with Crippen LogP contribution in [0.4, 0.5) is 5.69 Å². The number of carboxylic acids is 1. The number of fused-ring (bicyclic) bond motifs is 1. The topological polar surface area (TPSA) is 92.7 Å². The summed E-state index contributed by atoms with van der Waals surface area (Å²) in [4.78, 5) is 35.0. The van der Waals surface area contributed by atoms with Gasteiger partial charge in [0, 0.05) is 11.5 Å². The number of aliphatic carboxylic acids is 1. The Kier molecular flexibility index (Phi) is 6.35. The lowest BCUT2D eigenvalue weighted by Crippen LogP contribution is -2.26. The van der Waals surface area contributed by atoms with Crippen molar-refractivity contribution in [1.82, 2.24) is 0 Å². The minimum atomic E-state index is -0.967. The molecule has 2 rings (SSSR count). The smallest absolute Gasteiger partial charge is 0.304 e. The molecule has 0 aliphatic carbocycles. The molecule has 0 bridgehead atoms. The van der Waals surface area contributed by atoms with Crippen molar-refractivity contribution in [2.75, 3.05) is 11.9 Å². The highest BCUT2D eigenvalue weighted by Crippen LogP contribution is 2.30. The van der Waals surface area contributed by atoms with Gasteiger partial charge in [0.25, 0.3) is 5.91 Å². The van der Waals surface area contributed by atoms with E-state index in [4.69, 9.17) is 9.84 Å². The van der Waals surface area contributed by atoms with Gasteiger partial charge >= 0.3 is 5.97 Å². The minimum absolute atomic E-state index is 0.0831. The van der Waals surface area contributed by atoms with Crippen molar-refractivity contribution >= 4 is 23.3 Å². The molecule has 1 aromatic rings. The van der Waals surface area contributed by atoms with Crippen LogP contribution in [0.15, 0.2) is 18.2 Å². The molecular formula is C18H23NO5. The van der Waals surface area contributed by atoms with E-state index in [9.17, 15) is 14.4 Å². The molecule has 1 aliphatic rings. The fourth-order valence-corrected chi connectivity index (χ4v) is 2.82. The Labute approximate surface area is 141 Å². The van der Waals surface area contributed by atoms with Gasteiger partial charge < -0.3 is 15.2 Å². The third-order valence-electron chi connectivity index (χ3n) is 4.10. The van der Waals surface area contributed by atoms with E-state index in [1.54, 1.807) is 18.2 Å². The first-order valence-corrected chi connectivity index (χ1v) is 8.34. The number of benzene rings is 1. The quantitative estimate of drug-likeness (QED) is 0.534. The van der Waals surface area contributed by atoms with E-state index < -0.39 is 11.9 Å². The van der Waals surface area contributed by atoms with Crippen molar-refractivity contribution in [3.8, 4) is 5.75 Å². The summed E-state index contributed by atoms with van der Waals surface area (Å²) in [5.74, 6) is -1.47. The van der Waals surface area contributed by atoms with Gasteiger partial charge in [0.15, 0.2) is 12.4 Å². The lowest BCUT2D eigenvalue weighted by molar-refractivity contribution is -0.137. The van der Waals surface area contributed by atoms with E-state index in [0.717, 1.165) is 25.7 Å². The van der Waals surface area contributed by atoms with E-state index in [2.05, 4.69) is 12.2 Å². The molecule has 1 heterocycles. The molecule has 0 aromatic heterocycles. The Morgan fingerprint density at radius 2 is 2.08 bits per heavy atom. The largest absolute Gasteiger partial charge is 0.482 e. The lowest BCUT2D eigenvalue weighted by Gasteiger charge is -2.19. The molecule has 6 heteroatoms. The molecule has 0 fully saturated rings. The molecule has 0 spiro atoms. The van der Waals surface area contributed by atoms with Gasteiger partial charge in [-0.15, -0.1) is 0 Å². The van der Waals surface area contributed by atoms with E-state index >= 15 is 0 Å². The molecule has 1 aromatic carbocycles. The minimum Gasteiger partial charge on any atom is -0.482 e. The van der Waals surface area contributed by atoms with E-state index in [0.29, 0.717) is 23.4 Å². The average Bonchev–Trinajstić information content (AvgIpc) is 2.56. The second-order valence-corrected chi connectivity index (χ2v) is 6.06. The van der Waals surface area contributed by atoms with Crippen LogP contribution in [0.5, 0.6) is 5.75 Å². The summed E-state index contributed by atoms with van der Waals surface area (Å²) in [5.41, 5.74) is 0.951. The number of carboxylic acid groups (broad SMARTS) is 1. The highest BCUT2D eigenvalue weighted by atomic mass is 16.5. The van der Waals surface area contributed by atoms with Gasteiger partial charge in [-0.3, -0.25) is 14.4 Å². The van der Waals surface area contributed by atoms with Crippen LogP contribution in [0, 0.1) is 5.92 Å². The lowest BCUT2D eigenvalue weighted by atomic mass is 9.89. The number of unbranched alkanes of at least 4 members (excludes halogenated alkanes) is 3. The van der Waals surface area contributed by atoms with Crippen LogP contribution in [0.2, 0.25) is 0 Å². The summed E-state index contributed by atoms with van der Waals surface area (Å²) in [6.07, 6.45) is 4.42. The fourth-order valence-electron chi connectivity index (χ4n) is 2.82. The number of anilines is 1. The van der Waals surface area contributed by atoms with Crippen molar-refractivity contribution in [2.45, 2.75) is 45.4 Å². The van der Waals surface area contributed by atoms with Crippen LogP contribution >= 0.6 is 0 Å². The number of carbonyl (C=O) groups is 3. The highest BCUT2D eigenvalue weighted by Gasteiger charge is 2.24. The van der Waals surface area contributed by atoms with Crippen LogP contribution in [0.1, 0.15) is 55.8 Å². The molecule has 1 unspecified atom stereocenters. The van der Waals surface area contributed by atoms with E-state index in [-0.39, 0.29) is 24.7 Å². The second-order valence-electron chi connectivity index (χ2n) is 6.06. The molecule has 24 heavy (non-hydrogen) atoms. The summed E-state index contributed by atoms with van der Waals surface area (Å²) in [6.45, 7) is 2.02. The van der Waals surface area contributed by atoms with Gasteiger partial charge in [-0.25, -0.2) is 0 Å². The zero-order valence-electron chi connectivity index (χ0n) is 13.8. The van der Waals surface area contributed by atoms with Gasteiger partial charge in [-0.1, -0.05) is 32.6 Å². The Morgan fingerprint density at radius 1 is 1.29 bits per heavy atom. The molecule has 0 radical (unpaired) electrons. The Bertz CT molecular complexity index is 626. The molecule has 130 valence electrons. The molecular weight excluding hydrogens is 310 g/mol. The fraction of sp³-hybridized carbons (Fsp3) is 0.500. The maximum absolute atomic E-state index is 12.7. The third kappa shape index (κ3) is 4.81. The van der Waals surface area contributed by atoms with Crippen molar-refractivity contribution in [3.63, 3.8) is 0 Å². The summed E-state index contributed by atoms with van der Waals surface area (Å²) in [6, 6.07) is 4.81. The Hall–Kier alpha value is -2.37. The van der Waals surface area contributed by atoms with Crippen LogP contribution in [0.25, 0.3) is 0 Å². The predicted octanol–water partition coefficient (Wildman–Crippen LogP) is 3.26. The number of hydrogen-bond donors (Lipinski definition) is 2. The van der Waals surface area contributed by atoms with Crippen molar-refractivity contribution < 1.29 is 24.2 Å². The van der Waals surface area contributed by atoms with Crippen LogP contribution in [-0.2, 0) is 9.59 Å². The maximum Gasteiger partial charge on any atom is 0.304 e. The van der Waals surface area contributed by atoms with Crippen LogP contribution in [0.3, 0.4) is 0 Å². The number of ketones is 1. The summed E-state index contributed by atoms with van der Waals surface area (Å²) in [7, 11) is 0. The van der Waals surface area contributed by atoms with Gasteiger partial charge in [-0.05, 0) is 24.6 Å². The number of rotatable bonds is 9. The SMILES string of the molecule is CCCCCCC(CC(=O)O)C(=O)c1ccc2c(c1)OCC(=O)N2. The Morgan fingerprint density at radius 3 is 2.79 bits per heavy atom. The molecule has 2 N–H and O–H groups in total. The monoisotopic (exact) mass is 333 g/mol. The predicted molar refractivity (Wildman–Crippen MR) is 89.4 cm³/mol. The Balaban J connectivity index is 2.10. The molecule has 0 saturated heterocycles. The van der Waals surface area contributed by atoms with Crippen molar-refractivity contribution in [2.24, 2.45) is 5.92 Å². The van der Waals surface area contributed by atoms with Gasteiger partial charge in [-0.2, -0.15) is 0 Å². The average molecular weight is 333 g/mol. The van der Waals surface area contributed by atoms with Crippen molar-refractivity contribution in [1.29, 1.82) is 0 Å². The van der Waals surface area contributed by atoms with Gasteiger partial charge in [0.05, 0.1) is 12.1 Å². The van der Waals surface area contributed by atoms with Crippen LogP contribution < -0.4 is 10.1 Å². The summed E-state index contributed by atoms with van der Waals surface area (Å²) in [5, 5.41) is 11.7. The molecule has 1 aliphatic heterocycles. The van der Waals surface area contributed by atoms with Gasteiger partial charge in [0.2, 0.25) is 0 Å². The second kappa shape index (κ2) is 8.47. The molecule has 6 nitrogen and oxygen atoms in total. The zero-order valence-corrected chi connectivity index (χ0v) is 13.8. The van der Waals surface area contributed by atoms with E-state index in [1.807, 2.05) is 0 Å². The van der Waals surface area contributed by atoms with Gasteiger partial charge in [0.1, 0.15) is 5.75 Å². The summed E-state index contributed by atoms with van der Waals surface area (Å²) >= 11 is 0. The molecule has 1 amide bonds. The summed E-state index contributed by atoms with van der Waals surface area (Å²) < 4.78 is 5.32. The number of carbonyl (C=O) groups excluding carboxylic acids is 2.